The predicted octanol–water partition coefficient (Wildman–Crippen LogP) is 6.02. The van der Waals surface area contributed by atoms with E-state index in [9.17, 15) is 24.3 Å². The lowest BCUT2D eigenvalue weighted by Crippen LogP contribution is -2.22. The smallest absolute Gasteiger partial charge is 0.341 e. The molecule has 2 aromatic carbocycles. The number of aliphatic carboxylic acids is 1. The van der Waals surface area contributed by atoms with Gasteiger partial charge in [0.05, 0.1) is 32.4 Å². The predicted molar refractivity (Wildman–Crippen MR) is 149 cm³/mol. The normalized spacial score (nSPS) is 11.4. The van der Waals surface area contributed by atoms with E-state index in [0.717, 1.165) is 12.8 Å². The number of carbonyl (C=O) groups excluding carboxylic acids is 3. The first kappa shape index (κ1) is 32.6. The quantitative estimate of drug-likeness (QED) is 0.0971. The Kier molecular flexibility index (Phi) is 14.5. The molecule has 218 valence electrons. The van der Waals surface area contributed by atoms with Crippen molar-refractivity contribution in [1.82, 2.24) is 0 Å². The first-order chi connectivity index (χ1) is 19.3. The van der Waals surface area contributed by atoms with E-state index in [2.05, 4.69) is 0 Å². The number of carbonyl (C=O) groups is 4. The summed E-state index contributed by atoms with van der Waals surface area (Å²) in [6.45, 7) is 4.47. The lowest BCUT2D eigenvalue weighted by molar-refractivity contribution is -0.145. The number of esters is 3. The van der Waals surface area contributed by atoms with Crippen LogP contribution in [0, 0.1) is 5.92 Å². The minimum Gasteiger partial charge on any atom is -0.481 e. The molecule has 2 rings (SSSR count). The third-order valence-corrected chi connectivity index (χ3v) is 7.23. The zero-order valence-electron chi connectivity index (χ0n) is 23.1. The summed E-state index contributed by atoms with van der Waals surface area (Å²) in [5, 5.41) is 9.18. The molecule has 1 atom stereocenters. The first-order valence-corrected chi connectivity index (χ1v) is 14.6. The molecule has 2 aromatic rings. The minimum absolute atomic E-state index is 0.0189. The van der Waals surface area contributed by atoms with Crippen molar-refractivity contribution in [1.29, 1.82) is 0 Å². The standard InChI is InChI=1S/C29H37O10P/c1-4-6-18-36-28(33)22-12-8-10-14-24(22)38-40(20-21(27(32)35-3)16-17-26(30)31)39-25-15-11-9-13-23(25)29(34)37-19-7-5-2/h8-15,21H,4-7,16-20H2,1-3H3,(H,30,31). The van der Waals surface area contributed by atoms with Gasteiger partial charge < -0.3 is 28.4 Å². The van der Waals surface area contributed by atoms with Gasteiger partial charge in [-0.1, -0.05) is 51.0 Å². The molecule has 1 unspecified atom stereocenters. The molecule has 0 aliphatic heterocycles. The maximum atomic E-state index is 12.8. The summed E-state index contributed by atoms with van der Waals surface area (Å²) in [5.74, 6) is -3.39. The Labute approximate surface area is 235 Å². The molecule has 40 heavy (non-hydrogen) atoms. The summed E-state index contributed by atoms with van der Waals surface area (Å²) in [4.78, 5) is 49.3. The molecule has 0 amide bonds. The van der Waals surface area contributed by atoms with Gasteiger partial charge in [-0.2, -0.15) is 0 Å². The van der Waals surface area contributed by atoms with Gasteiger partial charge in [0.25, 0.3) is 8.38 Å². The largest absolute Gasteiger partial charge is 0.481 e. The summed E-state index contributed by atoms with van der Waals surface area (Å²) >= 11 is 0. The SMILES string of the molecule is CCCCOC(=O)c1ccccc1OP(CC(CCC(=O)O)C(=O)OC)Oc1ccccc1C(=O)OCCCC. The van der Waals surface area contributed by atoms with E-state index >= 15 is 0 Å². The van der Waals surface area contributed by atoms with E-state index in [4.69, 9.17) is 23.3 Å². The fourth-order valence-corrected chi connectivity index (χ4v) is 5.08. The van der Waals surface area contributed by atoms with Crippen molar-refractivity contribution in [3.05, 3.63) is 59.7 Å². The van der Waals surface area contributed by atoms with Gasteiger partial charge in [0.1, 0.15) is 22.6 Å². The summed E-state index contributed by atoms with van der Waals surface area (Å²) in [6.07, 6.45) is 2.78. The second-order valence-corrected chi connectivity index (χ2v) is 10.2. The lowest BCUT2D eigenvalue weighted by Gasteiger charge is -2.24. The molecule has 0 aliphatic carbocycles. The summed E-state index contributed by atoms with van der Waals surface area (Å²) in [7, 11) is -0.833. The number of benzene rings is 2. The van der Waals surface area contributed by atoms with Crippen molar-refractivity contribution in [3.63, 3.8) is 0 Å². The number of methoxy groups -OCH3 is 1. The van der Waals surface area contributed by atoms with E-state index in [1.54, 1.807) is 48.5 Å². The fraction of sp³-hybridized carbons (Fsp3) is 0.448. The molecular formula is C29H37O10P. The Balaban J connectivity index is 2.40. The van der Waals surface area contributed by atoms with Crippen LogP contribution in [-0.4, -0.2) is 55.5 Å². The van der Waals surface area contributed by atoms with Crippen LogP contribution >= 0.6 is 8.38 Å². The molecule has 0 aliphatic rings. The van der Waals surface area contributed by atoms with E-state index in [1.165, 1.54) is 7.11 Å². The van der Waals surface area contributed by atoms with E-state index in [1.807, 2.05) is 13.8 Å². The van der Waals surface area contributed by atoms with Crippen LogP contribution in [0.4, 0.5) is 0 Å². The minimum atomic E-state index is -2.04. The van der Waals surface area contributed by atoms with Gasteiger partial charge in [-0.25, -0.2) is 9.59 Å². The second-order valence-electron chi connectivity index (χ2n) is 8.82. The van der Waals surface area contributed by atoms with Crippen molar-refractivity contribution >= 4 is 32.3 Å². The van der Waals surface area contributed by atoms with Crippen LogP contribution in [0.25, 0.3) is 0 Å². The molecule has 1 N–H and O–H groups in total. The first-order valence-electron chi connectivity index (χ1n) is 13.3. The average Bonchev–Trinajstić information content (AvgIpc) is 2.95. The van der Waals surface area contributed by atoms with Crippen molar-refractivity contribution in [2.45, 2.75) is 52.4 Å². The highest BCUT2D eigenvalue weighted by Crippen LogP contribution is 2.45. The number of rotatable bonds is 18. The summed E-state index contributed by atoms with van der Waals surface area (Å²) < 4.78 is 28.0. The maximum absolute atomic E-state index is 12.8. The molecular weight excluding hydrogens is 539 g/mol. The Morgan fingerprint density at radius 2 is 1.27 bits per heavy atom. The van der Waals surface area contributed by atoms with Crippen molar-refractivity contribution in [2.24, 2.45) is 5.92 Å². The van der Waals surface area contributed by atoms with E-state index in [-0.39, 0.29) is 54.8 Å². The molecule has 0 saturated heterocycles. The number of hydrogen-bond acceptors (Lipinski definition) is 9. The van der Waals surface area contributed by atoms with Crippen LogP contribution in [0.2, 0.25) is 0 Å². The highest BCUT2D eigenvalue weighted by Gasteiger charge is 2.30. The van der Waals surface area contributed by atoms with Gasteiger partial charge in [-0.15, -0.1) is 0 Å². The Morgan fingerprint density at radius 1 is 0.800 bits per heavy atom. The van der Waals surface area contributed by atoms with Crippen LogP contribution < -0.4 is 9.05 Å². The van der Waals surface area contributed by atoms with Gasteiger partial charge >= 0.3 is 23.9 Å². The number of para-hydroxylation sites is 2. The zero-order chi connectivity index (χ0) is 29.3. The Bertz CT molecular complexity index is 1050. The monoisotopic (exact) mass is 576 g/mol. The molecule has 0 aromatic heterocycles. The van der Waals surface area contributed by atoms with Crippen molar-refractivity contribution in [3.8, 4) is 11.5 Å². The van der Waals surface area contributed by atoms with Gasteiger partial charge in [0, 0.05) is 6.42 Å². The van der Waals surface area contributed by atoms with Crippen LogP contribution in [0.1, 0.15) is 73.1 Å². The second kappa shape index (κ2) is 17.8. The number of carboxylic acid groups (broad SMARTS) is 1. The summed E-state index contributed by atoms with van der Waals surface area (Å²) in [5.41, 5.74) is 0.337. The summed E-state index contributed by atoms with van der Waals surface area (Å²) in [6, 6.07) is 12.9. The van der Waals surface area contributed by atoms with Gasteiger partial charge in [0.2, 0.25) is 0 Å². The van der Waals surface area contributed by atoms with E-state index < -0.39 is 38.2 Å². The molecule has 0 bridgehead atoms. The number of ether oxygens (including phenoxy) is 3. The molecule has 10 nitrogen and oxygen atoms in total. The third kappa shape index (κ3) is 10.8. The van der Waals surface area contributed by atoms with Crippen LogP contribution in [0.5, 0.6) is 11.5 Å². The number of hydrogen-bond donors (Lipinski definition) is 1. The molecule has 0 heterocycles. The highest BCUT2D eigenvalue weighted by atomic mass is 31.2. The molecule has 11 heteroatoms. The third-order valence-electron chi connectivity index (χ3n) is 5.69. The van der Waals surface area contributed by atoms with Gasteiger partial charge in [0.15, 0.2) is 0 Å². The number of unbranched alkanes of at least 4 members (excludes halogenated alkanes) is 2. The van der Waals surface area contributed by atoms with Crippen LogP contribution in [0.15, 0.2) is 48.5 Å². The van der Waals surface area contributed by atoms with Gasteiger partial charge in [-0.3, -0.25) is 9.59 Å². The van der Waals surface area contributed by atoms with Gasteiger partial charge in [-0.05, 0) is 43.5 Å². The molecule has 0 saturated carbocycles. The van der Waals surface area contributed by atoms with Crippen LogP contribution in [0.3, 0.4) is 0 Å². The average molecular weight is 577 g/mol. The number of carboxylic acids is 1. The highest BCUT2D eigenvalue weighted by molar-refractivity contribution is 7.48. The van der Waals surface area contributed by atoms with Crippen molar-refractivity contribution < 1.29 is 47.5 Å². The topological polar surface area (TPSA) is 135 Å². The zero-order valence-corrected chi connectivity index (χ0v) is 24.0. The fourth-order valence-electron chi connectivity index (χ4n) is 3.44. The molecule has 0 radical (unpaired) electrons. The Hall–Kier alpha value is -3.65. The maximum Gasteiger partial charge on any atom is 0.341 e. The lowest BCUT2D eigenvalue weighted by atomic mass is 10.1. The van der Waals surface area contributed by atoms with E-state index in [0.29, 0.717) is 12.8 Å². The van der Waals surface area contributed by atoms with Crippen LogP contribution in [-0.2, 0) is 23.8 Å². The Morgan fingerprint density at radius 3 is 1.70 bits per heavy atom. The molecule has 0 fully saturated rings. The van der Waals surface area contributed by atoms with Crippen molar-refractivity contribution in [2.75, 3.05) is 26.5 Å². The molecule has 0 spiro atoms.